The van der Waals surface area contributed by atoms with Crippen molar-refractivity contribution in [2.45, 2.75) is 19.5 Å². The fraction of sp³-hybridized carbons (Fsp3) is 0.308. The van der Waals surface area contributed by atoms with Crippen molar-refractivity contribution in [1.29, 1.82) is 0 Å². The van der Waals surface area contributed by atoms with E-state index in [9.17, 15) is 4.79 Å². The number of carbonyl (C=O) groups is 1. The topological polar surface area (TPSA) is 118 Å². The van der Waals surface area contributed by atoms with Crippen LogP contribution in [0.4, 0.5) is 17.3 Å². The summed E-state index contributed by atoms with van der Waals surface area (Å²) in [6.45, 7) is 4.51. The normalized spacial score (nSPS) is 17.5. The molecule has 0 radical (unpaired) electrons. The second kappa shape index (κ2) is 10.2. The summed E-state index contributed by atoms with van der Waals surface area (Å²) in [5, 5.41) is 3.05. The lowest BCUT2D eigenvalue weighted by Crippen LogP contribution is -2.58. The number of hydrogen-bond donors (Lipinski definition) is 2. The lowest BCUT2D eigenvalue weighted by molar-refractivity contribution is -0.126. The molecule has 1 saturated heterocycles. The number of nitrogens with zero attached hydrogens (tertiary/aromatic N) is 5. The van der Waals surface area contributed by atoms with E-state index in [0.717, 1.165) is 22.6 Å². The van der Waals surface area contributed by atoms with Crippen LogP contribution in [0.1, 0.15) is 18.1 Å². The Balaban J connectivity index is 0.00000320. The maximum absolute atomic E-state index is 13.2. The van der Waals surface area contributed by atoms with Crippen molar-refractivity contribution in [3.05, 3.63) is 65.5 Å². The van der Waals surface area contributed by atoms with E-state index in [1.54, 1.807) is 6.21 Å². The molecule has 0 aliphatic carbocycles. The molecule has 0 spiro atoms. The highest BCUT2D eigenvalue weighted by Gasteiger charge is 2.31. The monoisotopic (exact) mass is 489 g/mol. The van der Waals surface area contributed by atoms with Gasteiger partial charge in [0.05, 0.1) is 11.3 Å². The molecule has 0 saturated carbocycles. The molecule has 36 heavy (non-hydrogen) atoms. The zero-order valence-corrected chi connectivity index (χ0v) is 20.3. The maximum Gasteiger partial charge on any atom is 0.239 e. The molecule has 3 aromatic rings. The molecule has 1 fully saturated rings. The molecule has 10 heteroatoms. The second-order valence-electron chi connectivity index (χ2n) is 8.94. The number of aromatic nitrogens is 2. The quantitative estimate of drug-likeness (QED) is 0.507. The van der Waals surface area contributed by atoms with E-state index in [4.69, 9.17) is 15.2 Å². The number of nitrogens with one attached hydrogen (secondary N) is 1. The lowest BCUT2D eigenvalue weighted by Gasteiger charge is -2.39. The molecular formula is C26H31N7O3. The standard InChI is InChI=1S/C26H29N7O3.H2/c1-17-3-6-19(7-4-17)28-13-20-24(27)30-15-31-25(20)33-10-9-32(2)21(14-33)26(34)29-12-18-5-8-22-23(11-18)36-16-35-22;/h3-8,11,13,15,21H,9-10,12,14,16H2,1-2H3,(H,29,34)(H2,27,30,31);1H. The van der Waals surface area contributed by atoms with Crippen LogP contribution >= 0.6 is 0 Å². The number of ether oxygens (including phenoxy) is 2. The van der Waals surface area contributed by atoms with Gasteiger partial charge < -0.3 is 25.4 Å². The Hall–Kier alpha value is -4.18. The van der Waals surface area contributed by atoms with Gasteiger partial charge in [0.2, 0.25) is 12.7 Å². The highest BCUT2D eigenvalue weighted by atomic mass is 16.7. The smallest absolute Gasteiger partial charge is 0.239 e. The van der Waals surface area contributed by atoms with E-state index in [-0.39, 0.29) is 20.2 Å². The highest BCUT2D eigenvalue weighted by Crippen LogP contribution is 2.32. The largest absolute Gasteiger partial charge is 0.454 e. The number of likely N-dealkylation sites (N-methyl/N-ethyl adjacent to an activating group) is 1. The predicted molar refractivity (Wildman–Crippen MR) is 140 cm³/mol. The number of rotatable bonds is 6. The lowest BCUT2D eigenvalue weighted by atomic mass is 10.1. The molecular weight excluding hydrogens is 458 g/mol. The van der Waals surface area contributed by atoms with E-state index < -0.39 is 0 Å². The molecule has 1 amide bonds. The Kier molecular flexibility index (Phi) is 6.68. The van der Waals surface area contributed by atoms with Gasteiger partial charge in [-0.05, 0) is 43.8 Å². The first-order chi connectivity index (χ1) is 17.5. The van der Waals surface area contributed by atoms with Crippen molar-refractivity contribution in [1.82, 2.24) is 20.2 Å². The van der Waals surface area contributed by atoms with E-state index >= 15 is 0 Å². The molecule has 10 nitrogen and oxygen atoms in total. The maximum atomic E-state index is 13.2. The first-order valence-corrected chi connectivity index (χ1v) is 11.8. The molecule has 2 aliphatic rings. The molecule has 188 valence electrons. The van der Waals surface area contributed by atoms with Gasteiger partial charge in [-0.3, -0.25) is 14.7 Å². The van der Waals surface area contributed by atoms with Gasteiger partial charge in [-0.15, -0.1) is 0 Å². The van der Waals surface area contributed by atoms with Crippen molar-refractivity contribution >= 4 is 29.4 Å². The zero-order valence-electron chi connectivity index (χ0n) is 20.3. The summed E-state index contributed by atoms with van der Waals surface area (Å²) < 4.78 is 10.8. The van der Waals surface area contributed by atoms with Gasteiger partial charge >= 0.3 is 0 Å². The average Bonchev–Trinajstić information content (AvgIpc) is 3.36. The Labute approximate surface area is 211 Å². The molecule has 1 unspecified atom stereocenters. The SMILES string of the molecule is Cc1ccc(N=Cc2c(N)ncnc2N2CCN(C)C(C(=O)NCc3ccc4c(c3)OCO4)C2)cc1.[HH]. The fourth-order valence-electron chi connectivity index (χ4n) is 4.25. The van der Waals surface area contributed by atoms with Crippen molar-refractivity contribution in [3.63, 3.8) is 0 Å². The molecule has 1 atom stereocenters. The third-order valence-electron chi connectivity index (χ3n) is 6.42. The predicted octanol–water partition coefficient (Wildman–Crippen LogP) is 2.53. The van der Waals surface area contributed by atoms with Crippen LogP contribution in [0.25, 0.3) is 0 Å². The number of piperazine rings is 1. The van der Waals surface area contributed by atoms with Crippen molar-refractivity contribution in [2.24, 2.45) is 4.99 Å². The van der Waals surface area contributed by atoms with Gasteiger partial charge in [0, 0.05) is 33.8 Å². The van der Waals surface area contributed by atoms with Crippen LogP contribution < -0.4 is 25.4 Å². The fourth-order valence-corrected chi connectivity index (χ4v) is 4.25. The Morgan fingerprint density at radius 2 is 2.00 bits per heavy atom. The molecule has 1 aromatic heterocycles. The van der Waals surface area contributed by atoms with Crippen LogP contribution in [-0.2, 0) is 11.3 Å². The minimum atomic E-state index is -0.356. The van der Waals surface area contributed by atoms with Crippen molar-refractivity contribution < 1.29 is 15.7 Å². The van der Waals surface area contributed by atoms with Crippen molar-refractivity contribution in [2.75, 3.05) is 44.1 Å². The second-order valence-corrected chi connectivity index (χ2v) is 8.94. The summed E-state index contributed by atoms with van der Waals surface area (Å²) in [4.78, 5) is 30.5. The Morgan fingerprint density at radius 3 is 2.83 bits per heavy atom. The summed E-state index contributed by atoms with van der Waals surface area (Å²) in [7, 11) is 1.95. The van der Waals surface area contributed by atoms with Gasteiger partial charge in [-0.2, -0.15) is 0 Å². The van der Waals surface area contributed by atoms with E-state index in [1.165, 1.54) is 6.33 Å². The van der Waals surface area contributed by atoms with Gasteiger partial charge in [-0.25, -0.2) is 9.97 Å². The highest BCUT2D eigenvalue weighted by molar-refractivity contribution is 5.93. The number of hydrogen-bond acceptors (Lipinski definition) is 9. The van der Waals surface area contributed by atoms with Crippen LogP contribution in [0.15, 0.2) is 53.8 Å². The Morgan fingerprint density at radius 1 is 1.19 bits per heavy atom. The number of nitrogen functional groups attached to an aromatic ring is 1. The number of benzene rings is 2. The molecule has 2 aromatic carbocycles. The van der Waals surface area contributed by atoms with Crippen LogP contribution in [0.3, 0.4) is 0 Å². The van der Waals surface area contributed by atoms with Gasteiger partial charge in [0.15, 0.2) is 11.5 Å². The first-order valence-electron chi connectivity index (χ1n) is 11.8. The van der Waals surface area contributed by atoms with E-state index in [2.05, 4.69) is 30.1 Å². The minimum absolute atomic E-state index is 0. The summed E-state index contributed by atoms with van der Waals surface area (Å²) in [5.41, 5.74) is 9.78. The number of fused-ring (bicyclic) bond motifs is 1. The average molecular weight is 490 g/mol. The number of aliphatic imine (C=N–C) groups is 1. The molecule has 2 aliphatic heterocycles. The number of anilines is 2. The summed E-state index contributed by atoms with van der Waals surface area (Å²) >= 11 is 0. The Bertz CT molecular complexity index is 1290. The van der Waals surface area contributed by atoms with Crippen LogP contribution in [0.5, 0.6) is 11.5 Å². The van der Waals surface area contributed by atoms with Gasteiger partial charge in [0.1, 0.15) is 24.0 Å². The van der Waals surface area contributed by atoms with Crippen LogP contribution in [-0.4, -0.2) is 66.5 Å². The third-order valence-corrected chi connectivity index (χ3v) is 6.42. The van der Waals surface area contributed by atoms with E-state index in [0.29, 0.717) is 49.1 Å². The van der Waals surface area contributed by atoms with E-state index in [1.807, 2.05) is 56.4 Å². The number of amides is 1. The van der Waals surface area contributed by atoms with Gasteiger partial charge in [-0.1, -0.05) is 23.8 Å². The summed E-state index contributed by atoms with van der Waals surface area (Å²) in [6.07, 6.45) is 3.14. The first kappa shape index (κ1) is 23.6. The van der Waals surface area contributed by atoms with Gasteiger partial charge in [0.25, 0.3) is 0 Å². The molecule has 0 bridgehead atoms. The number of carbonyl (C=O) groups excluding carboxylic acids is 1. The van der Waals surface area contributed by atoms with Crippen LogP contribution in [0, 0.1) is 6.92 Å². The third kappa shape index (κ3) is 5.08. The zero-order chi connectivity index (χ0) is 25.1. The summed E-state index contributed by atoms with van der Waals surface area (Å²) in [5.74, 6) is 2.37. The van der Waals surface area contributed by atoms with Crippen molar-refractivity contribution in [3.8, 4) is 11.5 Å². The van der Waals surface area contributed by atoms with Crippen LogP contribution in [0.2, 0.25) is 0 Å². The number of nitrogens with two attached hydrogens (primary N) is 1. The molecule has 3 heterocycles. The molecule has 3 N–H and O–H groups in total. The molecule has 5 rings (SSSR count). The number of aryl methyl sites for hydroxylation is 1. The minimum Gasteiger partial charge on any atom is -0.454 e. The summed E-state index contributed by atoms with van der Waals surface area (Å²) in [6, 6.07) is 13.2.